The Kier molecular flexibility index (Phi) is 7.52. The highest BCUT2D eigenvalue weighted by molar-refractivity contribution is 7.03. The van der Waals surface area contributed by atoms with Crippen LogP contribution >= 0.6 is 0 Å². The predicted octanol–water partition coefficient (Wildman–Crippen LogP) is 9.47. The molecule has 0 amide bonds. The Morgan fingerprint density at radius 3 is 1.31 bits per heavy atom. The molecule has 8 aromatic rings. The van der Waals surface area contributed by atoms with Crippen molar-refractivity contribution in [1.82, 2.24) is 24.9 Å². The lowest BCUT2D eigenvalue weighted by Gasteiger charge is -2.19. The van der Waals surface area contributed by atoms with Crippen molar-refractivity contribution >= 4 is 18.6 Å². The molecule has 6 heteroatoms. The fraction of sp³-hybridized carbons (Fsp3) is 0.0444. The summed E-state index contributed by atoms with van der Waals surface area (Å²) in [5.74, 6) is 2.66. The van der Waals surface area contributed by atoms with Gasteiger partial charge in [0.15, 0.2) is 23.3 Å². The number of nitrogens with zero attached hydrogens (tertiary/aromatic N) is 5. The van der Waals surface area contributed by atoms with Crippen LogP contribution in [0.25, 0.3) is 79.1 Å². The van der Waals surface area contributed by atoms with E-state index < -0.39 is 8.07 Å². The molecule has 0 saturated carbocycles. The fourth-order valence-corrected chi connectivity index (χ4v) is 10.0. The maximum atomic E-state index is 5.38. The van der Waals surface area contributed by atoms with Crippen LogP contribution in [0.5, 0.6) is 0 Å². The third kappa shape index (κ3) is 5.56. The fourth-order valence-electron chi connectivity index (χ4n) is 7.09. The van der Waals surface area contributed by atoms with Crippen LogP contribution in [0.2, 0.25) is 13.1 Å². The summed E-state index contributed by atoms with van der Waals surface area (Å²) in [5, 5.41) is 2.61. The third-order valence-electron chi connectivity index (χ3n) is 9.69. The Labute approximate surface area is 298 Å². The number of fused-ring (bicyclic) bond motifs is 3. The summed E-state index contributed by atoms with van der Waals surface area (Å²) in [6.45, 7) is 4.80. The van der Waals surface area contributed by atoms with Gasteiger partial charge >= 0.3 is 0 Å². The Morgan fingerprint density at radius 1 is 0.353 bits per heavy atom. The second kappa shape index (κ2) is 12.5. The van der Waals surface area contributed by atoms with Gasteiger partial charge in [0.1, 0.15) is 8.07 Å². The van der Waals surface area contributed by atoms with Gasteiger partial charge in [0, 0.05) is 38.7 Å². The lowest BCUT2D eigenvalue weighted by Crippen LogP contribution is -2.50. The summed E-state index contributed by atoms with van der Waals surface area (Å²) in [6, 6.07) is 56.4. The van der Waals surface area contributed by atoms with E-state index in [0.717, 1.165) is 50.5 Å². The van der Waals surface area contributed by atoms with E-state index in [1.54, 1.807) is 0 Å². The summed E-state index contributed by atoms with van der Waals surface area (Å²) in [5.41, 5.74) is 10.5. The molecule has 0 spiro atoms. The van der Waals surface area contributed by atoms with E-state index in [-0.39, 0.29) is 0 Å². The van der Waals surface area contributed by atoms with E-state index in [1.807, 2.05) is 60.7 Å². The first-order chi connectivity index (χ1) is 25.0. The van der Waals surface area contributed by atoms with Crippen LogP contribution in [0.3, 0.4) is 0 Å². The normalized spacial score (nSPS) is 12.7. The molecular formula is C45H33N5Si. The Hall–Kier alpha value is -6.37. The molecule has 0 bridgehead atoms. The predicted molar refractivity (Wildman–Crippen MR) is 210 cm³/mol. The van der Waals surface area contributed by atoms with Crippen LogP contribution in [0.15, 0.2) is 164 Å². The molecule has 51 heavy (non-hydrogen) atoms. The molecule has 0 N–H and O–H groups in total. The standard InChI is InChI=1S/C45H33N5Si/c1-51(2)38-27-13-12-26-37(38)39-40(30-16-6-3-7-17-30)46-43(50-45(39)51)35-24-14-22-33(28-35)34-23-15-25-36(29-34)44-48-41(31-18-8-4-9-19-31)47-42(49-44)32-20-10-5-11-21-32/h3-29H,1-2H3. The van der Waals surface area contributed by atoms with Gasteiger partial charge in [-0.15, -0.1) is 0 Å². The number of hydrogen-bond donors (Lipinski definition) is 0. The van der Waals surface area contributed by atoms with Gasteiger partial charge in [-0.1, -0.05) is 165 Å². The van der Waals surface area contributed by atoms with Gasteiger partial charge in [0.25, 0.3) is 0 Å². The summed E-state index contributed by atoms with van der Waals surface area (Å²) in [6.07, 6.45) is 0. The van der Waals surface area contributed by atoms with Crippen molar-refractivity contribution in [3.05, 3.63) is 164 Å². The molecule has 0 radical (unpaired) electrons. The summed E-state index contributed by atoms with van der Waals surface area (Å²) in [7, 11) is -2.06. The molecule has 1 aliphatic rings. The van der Waals surface area contributed by atoms with E-state index in [4.69, 9.17) is 24.9 Å². The maximum absolute atomic E-state index is 5.38. The molecule has 0 unspecified atom stereocenters. The zero-order chi connectivity index (χ0) is 34.4. The third-order valence-corrected chi connectivity index (χ3v) is 13.0. The van der Waals surface area contributed by atoms with Gasteiger partial charge in [-0.3, -0.25) is 0 Å². The van der Waals surface area contributed by atoms with E-state index >= 15 is 0 Å². The minimum absolute atomic E-state index is 0.627. The molecule has 1 aliphatic heterocycles. The summed E-state index contributed by atoms with van der Waals surface area (Å²) in [4.78, 5) is 25.5. The van der Waals surface area contributed by atoms with E-state index in [0.29, 0.717) is 17.5 Å². The first-order valence-electron chi connectivity index (χ1n) is 17.2. The molecule has 0 aliphatic carbocycles. The van der Waals surface area contributed by atoms with E-state index in [1.165, 1.54) is 21.6 Å². The largest absolute Gasteiger partial charge is 0.237 e. The average molecular weight is 672 g/mol. The number of hydrogen-bond acceptors (Lipinski definition) is 5. The smallest absolute Gasteiger partial charge is 0.164 e. The van der Waals surface area contributed by atoms with Crippen LogP contribution in [-0.2, 0) is 0 Å². The lowest BCUT2D eigenvalue weighted by molar-refractivity contribution is 1.07. The second-order valence-corrected chi connectivity index (χ2v) is 17.6. The Balaban J connectivity index is 1.15. The monoisotopic (exact) mass is 671 g/mol. The Morgan fingerprint density at radius 2 is 0.765 bits per heavy atom. The molecular weight excluding hydrogens is 639 g/mol. The summed E-state index contributed by atoms with van der Waals surface area (Å²) >= 11 is 0. The quantitative estimate of drug-likeness (QED) is 0.165. The first-order valence-corrected chi connectivity index (χ1v) is 20.2. The van der Waals surface area contributed by atoms with Gasteiger partial charge in [-0.05, 0) is 34.0 Å². The topological polar surface area (TPSA) is 64.5 Å². The maximum Gasteiger partial charge on any atom is 0.164 e. The summed E-state index contributed by atoms with van der Waals surface area (Å²) < 4.78 is 0. The van der Waals surface area contributed by atoms with Crippen LogP contribution in [0, 0.1) is 0 Å². The van der Waals surface area contributed by atoms with Crippen LogP contribution in [0.4, 0.5) is 0 Å². The van der Waals surface area contributed by atoms with Crippen molar-refractivity contribution < 1.29 is 0 Å². The zero-order valence-electron chi connectivity index (χ0n) is 28.3. The molecule has 9 rings (SSSR count). The van der Waals surface area contributed by atoms with Crippen molar-refractivity contribution in [2.24, 2.45) is 0 Å². The zero-order valence-corrected chi connectivity index (χ0v) is 29.3. The van der Waals surface area contributed by atoms with Crippen molar-refractivity contribution in [1.29, 1.82) is 0 Å². The van der Waals surface area contributed by atoms with E-state index in [2.05, 4.69) is 116 Å². The van der Waals surface area contributed by atoms with Crippen molar-refractivity contribution in [2.75, 3.05) is 0 Å². The van der Waals surface area contributed by atoms with Crippen molar-refractivity contribution in [2.45, 2.75) is 13.1 Å². The van der Waals surface area contributed by atoms with Crippen LogP contribution in [0.1, 0.15) is 0 Å². The Bertz CT molecular complexity index is 2490. The molecule has 0 atom stereocenters. The highest BCUT2D eigenvalue weighted by Crippen LogP contribution is 2.37. The molecule has 2 aromatic heterocycles. The molecule has 3 heterocycles. The van der Waals surface area contributed by atoms with Gasteiger partial charge < -0.3 is 0 Å². The molecule has 6 aromatic carbocycles. The van der Waals surface area contributed by atoms with Crippen LogP contribution in [-0.4, -0.2) is 33.0 Å². The van der Waals surface area contributed by atoms with E-state index in [9.17, 15) is 0 Å². The molecule has 0 saturated heterocycles. The van der Waals surface area contributed by atoms with Crippen LogP contribution < -0.4 is 10.5 Å². The van der Waals surface area contributed by atoms with Crippen molar-refractivity contribution in [3.63, 3.8) is 0 Å². The highest BCUT2D eigenvalue weighted by atomic mass is 28.3. The second-order valence-electron chi connectivity index (χ2n) is 13.4. The number of benzene rings is 6. The van der Waals surface area contributed by atoms with Crippen molar-refractivity contribution in [3.8, 4) is 79.1 Å². The van der Waals surface area contributed by atoms with Gasteiger partial charge in [0.05, 0.1) is 5.69 Å². The molecule has 0 fully saturated rings. The minimum Gasteiger partial charge on any atom is -0.237 e. The van der Waals surface area contributed by atoms with Gasteiger partial charge in [-0.2, -0.15) is 0 Å². The SMILES string of the molecule is C[Si]1(C)c2ccccc2-c2c(-c3ccccc3)nc(-c3cccc(-c4cccc(-c5nc(-c6ccccc6)nc(-c6ccccc6)n5)c4)c3)nc21. The lowest BCUT2D eigenvalue weighted by atomic mass is 9.99. The number of rotatable bonds is 6. The molecule has 5 nitrogen and oxygen atoms in total. The number of aromatic nitrogens is 5. The first kappa shape index (κ1) is 30.7. The molecule has 242 valence electrons. The highest BCUT2D eigenvalue weighted by Gasteiger charge is 2.41. The minimum atomic E-state index is -2.06. The van der Waals surface area contributed by atoms with Gasteiger partial charge in [0.2, 0.25) is 0 Å². The van der Waals surface area contributed by atoms with Gasteiger partial charge in [-0.25, -0.2) is 24.9 Å². The average Bonchev–Trinajstić information content (AvgIpc) is 3.44.